The van der Waals surface area contributed by atoms with E-state index in [9.17, 15) is 4.79 Å². The quantitative estimate of drug-likeness (QED) is 0.912. The molecule has 2 rings (SSSR count). The van der Waals surface area contributed by atoms with E-state index in [1.165, 1.54) is 18.6 Å². The number of nitrogens with one attached hydrogen (secondary N) is 1. The Kier molecular flexibility index (Phi) is 4.77. The fraction of sp³-hybridized carbons (Fsp3) is 0.417. The molecule has 1 aromatic rings. The maximum absolute atomic E-state index is 11.9. The van der Waals surface area contributed by atoms with Crippen molar-refractivity contribution in [1.29, 1.82) is 0 Å². The maximum atomic E-state index is 11.9. The molecule has 92 valence electrons. The first kappa shape index (κ1) is 13.2. The smallest absolute Gasteiger partial charge is 0.252 e. The Hall–Kier alpha value is -0.190. The van der Waals surface area contributed by atoms with Gasteiger partial charge in [0.15, 0.2) is 0 Å². The molecule has 1 aliphatic heterocycles. The predicted octanol–water partition coefficient (Wildman–Crippen LogP) is 3.73. The summed E-state index contributed by atoms with van der Waals surface area (Å²) in [5, 5.41) is 3.99. The predicted molar refractivity (Wildman–Crippen MR) is 77.0 cm³/mol. The number of halogens is 2. The minimum absolute atomic E-state index is 0.0937. The lowest BCUT2D eigenvalue weighted by atomic mass is 10.2. The van der Waals surface area contributed by atoms with Gasteiger partial charge >= 0.3 is 0 Å². The highest BCUT2D eigenvalue weighted by Gasteiger charge is 2.17. The fourth-order valence-electron chi connectivity index (χ4n) is 1.78. The van der Waals surface area contributed by atoms with Gasteiger partial charge in [0.1, 0.15) is 0 Å². The van der Waals surface area contributed by atoms with E-state index in [0.717, 1.165) is 11.0 Å². The van der Waals surface area contributed by atoms with Gasteiger partial charge in [-0.05, 0) is 36.8 Å². The second kappa shape index (κ2) is 6.12. The average Bonchev–Trinajstić information content (AvgIpc) is 2.82. The second-order valence-electron chi connectivity index (χ2n) is 3.97. The molecular formula is C12H13BrClNOS. The highest BCUT2D eigenvalue weighted by atomic mass is 79.9. The van der Waals surface area contributed by atoms with Crippen LogP contribution in [0.2, 0.25) is 5.02 Å². The van der Waals surface area contributed by atoms with Gasteiger partial charge < -0.3 is 5.32 Å². The minimum atomic E-state index is -0.0937. The minimum Gasteiger partial charge on any atom is -0.351 e. The first-order chi connectivity index (χ1) is 8.16. The normalized spacial score (nSPS) is 19.3. The van der Waals surface area contributed by atoms with Gasteiger partial charge in [0.25, 0.3) is 5.91 Å². The number of hydrogen-bond acceptors (Lipinski definition) is 2. The number of carbonyl (C=O) groups is 1. The van der Waals surface area contributed by atoms with Gasteiger partial charge in [0.05, 0.1) is 10.6 Å². The summed E-state index contributed by atoms with van der Waals surface area (Å²) in [5.41, 5.74) is 0.532. The molecule has 0 saturated carbocycles. The molecule has 1 unspecified atom stereocenters. The van der Waals surface area contributed by atoms with Gasteiger partial charge in [-0.25, -0.2) is 0 Å². The van der Waals surface area contributed by atoms with Crippen LogP contribution >= 0.6 is 39.3 Å². The topological polar surface area (TPSA) is 29.1 Å². The Labute approximate surface area is 119 Å². The number of benzene rings is 1. The summed E-state index contributed by atoms with van der Waals surface area (Å²) >= 11 is 11.3. The third-order valence-electron chi connectivity index (χ3n) is 2.69. The van der Waals surface area contributed by atoms with Crippen LogP contribution in [0.15, 0.2) is 22.7 Å². The third-order valence-corrected chi connectivity index (χ3v) is 4.91. The van der Waals surface area contributed by atoms with E-state index in [0.29, 0.717) is 15.8 Å². The summed E-state index contributed by atoms with van der Waals surface area (Å²) in [6.07, 6.45) is 2.44. The number of carbonyl (C=O) groups excluding carboxylic acids is 1. The molecule has 0 radical (unpaired) electrons. The van der Waals surface area contributed by atoms with E-state index in [1.807, 2.05) is 17.8 Å². The average molecular weight is 335 g/mol. The molecule has 0 spiro atoms. The third kappa shape index (κ3) is 3.63. The van der Waals surface area contributed by atoms with Crippen LogP contribution < -0.4 is 5.32 Å². The second-order valence-corrected chi connectivity index (χ2v) is 6.70. The van der Waals surface area contributed by atoms with Gasteiger partial charge in [-0.15, -0.1) is 0 Å². The molecule has 1 amide bonds. The zero-order valence-electron chi connectivity index (χ0n) is 9.21. The molecule has 0 aromatic heterocycles. The Morgan fingerprint density at radius 3 is 3.12 bits per heavy atom. The van der Waals surface area contributed by atoms with Crippen LogP contribution in [-0.4, -0.2) is 23.5 Å². The molecule has 1 aromatic carbocycles. The van der Waals surface area contributed by atoms with E-state index in [-0.39, 0.29) is 5.91 Å². The molecule has 1 saturated heterocycles. The summed E-state index contributed by atoms with van der Waals surface area (Å²) in [7, 11) is 0. The summed E-state index contributed by atoms with van der Waals surface area (Å²) in [5.74, 6) is 1.11. The zero-order valence-corrected chi connectivity index (χ0v) is 12.4. The standard InChI is InChI=1S/C12H13BrClNOS/c13-8-3-4-11(14)10(6-8)12(16)15-7-9-2-1-5-17-9/h3-4,6,9H,1-2,5,7H2,(H,15,16). The SMILES string of the molecule is O=C(NCC1CCCS1)c1cc(Br)ccc1Cl. The van der Waals surface area contributed by atoms with Crippen molar-refractivity contribution in [1.82, 2.24) is 5.32 Å². The van der Waals surface area contributed by atoms with Crippen molar-refractivity contribution in [3.63, 3.8) is 0 Å². The van der Waals surface area contributed by atoms with Gasteiger partial charge in [0.2, 0.25) is 0 Å². The first-order valence-corrected chi connectivity index (χ1v) is 7.73. The van der Waals surface area contributed by atoms with Crippen molar-refractivity contribution in [2.75, 3.05) is 12.3 Å². The summed E-state index contributed by atoms with van der Waals surface area (Å²) in [6.45, 7) is 0.729. The van der Waals surface area contributed by atoms with Crippen LogP contribution in [-0.2, 0) is 0 Å². The molecule has 1 N–H and O–H groups in total. The van der Waals surface area contributed by atoms with Crippen molar-refractivity contribution < 1.29 is 4.79 Å². The largest absolute Gasteiger partial charge is 0.351 e. The number of hydrogen-bond donors (Lipinski definition) is 1. The number of thioether (sulfide) groups is 1. The van der Waals surface area contributed by atoms with Crippen LogP contribution in [0.25, 0.3) is 0 Å². The van der Waals surface area contributed by atoms with E-state index in [4.69, 9.17) is 11.6 Å². The fourth-order valence-corrected chi connectivity index (χ4v) is 3.54. The van der Waals surface area contributed by atoms with Crippen molar-refractivity contribution in [2.45, 2.75) is 18.1 Å². The number of amides is 1. The highest BCUT2D eigenvalue weighted by molar-refractivity contribution is 9.10. The molecule has 1 heterocycles. The van der Waals surface area contributed by atoms with E-state index < -0.39 is 0 Å². The Balaban J connectivity index is 1.96. The lowest BCUT2D eigenvalue weighted by Gasteiger charge is -2.11. The van der Waals surface area contributed by atoms with Crippen molar-refractivity contribution in [3.8, 4) is 0 Å². The molecule has 1 atom stereocenters. The summed E-state index contributed by atoms with van der Waals surface area (Å²) in [4.78, 5) is 11.9. The van der Waals surface area contributed by atoms with Crippen LogP contribution in [0.5, 0.6) is 0 Å². The van der Waals surface area contributed by atoms with E-state index in [1.54, 1.807) is 12.1 Å². The van der Waals surface area contributed by atoms with Crippen LogP contribution in [0, 0.1) is 0 Å². The molecule has 0 bridgehead atoms. The van der Waals surface area contributed by atoms with Crippen LogP contribution in [0.3, 0.4) is 0 Å². The van der Waals surface area contributed by atoms with E-state index in [2.05, 4.69) is 21.2 Å². The monoisotopic (exact) mass is 333 g/mol. The van der Waals surface area contributed by atoms with E-state index >= 15 is 0 Å². The zero-order chi connectivity index (χ0) is 12.3. The molecule has 1 fully saturated rings. The highest BCUT2D eigenvalue weighted by Crippen LogP contribution is 2.25. The molecule has 2 nitrogen and oxygen atoms in total. The molecular weight excluding hydrogens is 322 g/mol. The Bertz CT molecular complexity index is 421. The molecule has 1 aliphatic rings. The molecule has 5 heteroatoms. The van der Waals surface area contributed by atoms with Gasteiger partial charge in [-0.1, -0.05) is 27.5 Å². The molecule has 0 aliphatic carbocycles. The van der Waals surface area contributed by atoms with Gasteiger partial charge in [-0.3, -0.25) is 4.79 Å². The van der Waals surface area contributed by atoms with Crippen molar-refractivity contribution in [2.24, 2.45) is 0 Å². The van der Waals surface area contributed by atoms with Crippen molar-refractivity contribution in [3.05, 3.63) is 33.3 Å². The number of rotatable bonds is 3. The van der Waals surface area contributed by atoms with Gasteiger partial charge in [0, 0.05) is 16.3 Å². The lowest BCUT2D eigenvalue weighted by Crippen LogP contribution is -2.29. The van der Waals surface area contributed by atoms with Crippen LogP contribution in [0.1, 0.15) is 23.2 Å². The lowest BCUT2D eigenvalue weighted by molar-refractivity contribution is 0.0954. The van der Waals surface area contributed by atoms with Crippen molar-refractivity contribution >= 4 is 45.2 Å². The Morgan fingerprint density at radius 1 is 1.59 bits per heavy atom. The molecule has 17 heavy (non-hydrogen) atoms. The maximum Gasteiger partial charge on any atom is 0.252 e. The summed E-state index contributed by atoms with van der Waals surface area (Å²) in [6, 6.07) is 5.30. The van der Waals surface area contributed by atoms with Crippen LogP contribution in [0.4, 0.5) is 0 Å². The summed E-state index contributed by atoms with van der Waals surface area (Å²) < 4.78 is 0.863. The Morgan fingerprint density at radius 2 is 2.41 bits per heavy atom. The first-order valence-electron chi connectivity index (χ1n) is 5.51. The van der Waals surface area contributed by atoms with Gasteiger partial charge in [-0.2, -0.15) is 11.8 Å².